The molecule has 0 aliphatic rings. The first-order valence-electron chi connectivity index (χ1n) is 7.74. The zero-order valence-corrected chi connectivity index (χ0v) is 15.3. The summed E-state index contributed by atoms with van der Waals surface area (Å²) in [7, 11) is 0. The number of para-hydroxylation sites is 1. The van der Waals surface area contributed by atoms with E-state index in [1.54, 1.807) is 17.6 Å². The van der Waals surface area contributed by atoms with Gasteiger partial charge in [-0.3, -0.25) is 4.79 Å². The van der Waals surface area contributed by atoms with Gasteiger partial charge < -0.3 is 0 Å². The Morgan fingerprint density at radius 1 is 1.20 bits per heavy atom. The molecule has 3 rings (SSSR count). The van der Waals surface area contributed by atoms with Crippen molar-refractivity contribution in [1.29, 1.82) is 0 Å². The highest BCUT2D eigenvalue weighted by molar-refractivity contribution is 8.01. The van der Waals surface area contributed by atoms with Crippen LogP contribution in [0, 0.1) is 0 Å². The number of nitrogens with one attached hydrogen (secondary N) is 1. The number of allylic oxidation sites excluding steroid dienone is 1. The van der Waals surface area contributed by atoms with Gasteiger partial charge in [-0.15, -0.1) is 11.3 Å². The molecular formula is C19H17N3OS2. The number of hydrazone groups is 1. The minimum Gasteiger partial charge on any atom is -0.272 e. The maximum Gasteiger partial charge on any atom is 0.250 e. The quantitative estimate of drug-likeness (QED) is 0.394. The summed E-state index contributed by atoms with van der Waals surface area (Å²) in [6, 6.07) is 17.9. The van der Waals surface area contributed by atoms with Crippen molar-refractivity contribution in [2.45, 2.75) is 11.3 Å². The molecule has 2 aromatic carbocycles. The number of rotatable bonds is 6. The van der Waals surface area contributed by atoms with Gasteiger partial charge in [0.15, 0.2) is 4.34 Å². The molecule has 1 aromatic heterocycles. The number of benzene rings is 2. The number of hydrogen-bond acceptors (Lipinski definition) is 5. The van der Waals surface area contributed by atoms with E-state index < -0.39 is 0 Å². The fourth-order valence-corrected chi connectivity index (χ4v) is 3.99. The molecule has 6 heteroatoms. The van der Waals surface area contributed by atoms with Gasteiger partial charge in [0.1, 0.15) is 0 Å². The molecule has 1 heterocycles. The number of thiazole rings is 1. The first-order valence-corrected chi connectivity index (χ1v) is 9.54. The summed E-state index contributed by atoms with van der Waals surface area (Å²) < 4.78 is 2.02. The van der Waals surface area contributed by atoms with Crippen LogP contribution in [0.1, 0.15) is 12.5 Å². The lowest BCUT2D eigenvalue weighted by Crippen LogP contribution is -2.19. The third kappa shape index (κ3) is 5.27. The zero-order valence-electron chi connectivity index (χ0n) is 13.7. The Bertz CT molecular complexity index is 884. The fraction of sp³-hybridized carbons (Fsp3) is 0.105. The average Bonchev–Trinajstić information content (AvgIpc) is 3.04. The highest BCUT2D eigenvalue weighted by atomic mass is 32.2. The molecule has 126 valence electrons. The van der Waals surface area contributed by atoms with Crippen LogP contribution < -0.4 is 5.43 Å². The van der Waals surface area contributed by atoms with Crippen molar-refractivity contribution in [3.63, 3.8) is 0 Å². The fourth-order valence-electron chi connectivity index (χ4n) is 2.13. The van der Waals surface area contributed by atoms with Crippen LogP contribution >= 0.6 is 23.1 Å². The summed E-state index contributed by atoms with van der Waals surface area (Å²) in [4.78, 5) is 16.4. The topological polar surface area (TPSA) is 54.4 Å². The first kappa shape index (κ1) is 17.4. The highest BCUT2D eigenvalue weighted by Gasteiger charge is 2.06. The van der Waals surface area contributed by atoms with E-state index in [0.29, 0.717) is 5.75 Å². The van der Waals surface area contributed by atoms with Gasteiger partial charge in [-0.05, 0) is 30.2 Å². The van der Waals surface area contributed by atoms with E-state index in [0.717, 1.165) is 25.7 Å². The Kier molecular flexibility index (Phi) is 5.98. The molecule has 0 saturated carbocycles. The second-order valence-corrected chi connectivity index (χ2v) is 7.58. The number of nitrogens with zero attached hydrogens (tertiary/aromatic N) is 2. The minimum absolute atomic E-state index is 0.145. The van der Waals surface area contributed by atoms with Crippen LogP contribution in [0.2, 0.25) is 0 Å². The van der Waals surface area contributed by atoms with Gasteiger partial charge in [0.25, 0.3) is 5.91 Å². The van der Waals surface area contributed by atoms with E-state index in [1.807, 2.05) is 67.6 Å². The van der Waals surface area contributed by atoms with Crippen LogP contribution in [0.25, 0.3) is 16.3 Å². The molecule has 1 N–H and O–H groups in total. The molecule has 25 heavy (non-hydrogen) atoms. The van der Waals surface area contributed by atoms with Crippen molar-refractivity contribution in [3.05, 3.63) is 65.7 Å². The zero-order chi connectivity index (χ0) is 17.5. The molecule has 0 spiro atoms. The van der Waals surface area contributed by atoms with Gasteiger partial charge in [-0.2, -0.15) is 5.10 Å². The van der Waals surface area contributed by atoms with Crippen molar-refractivity contribution < 1.29 is 4.79 Å². The monoisotopic (exact) mass is 367 g/mol. The second kappa shape index (κ2) is 8.60. The Morgan fingerprint density at radius 3 is 2.76 bits per heavy atom. The van der Waals surface area contributed by atoms with Crippen LogP contribution in [0.3, 0.4) is 0 Å². The molecule has 4 nitrogen and oxygen atoms in total. The van der Waals surface area contributed by atoms with Gasteiger partial charge >= 0.3 is 0 Å². The van der Waals surface area contributed by atoms with Crippen LogP contribution in [-0.4, -0.2) is 22.9 Å². The molecule has 0 radical (unpaired) electrons. The number of hydrogen-bond donors (Lipinski definition) is 1. The lowest BCUT2D eigenvalue weighted by atomic mass is 10.1. The molecule has 0 aliphatic carbocycles. The lowest BCUT2D eigenvalue weighted by molar-refractivity contribution is -0.118. The largest absolute Gasteiger partial charge is 0.272 e. The SMILES string of the molecule is CC(/C=N/NC(=O)CSc1nc2ccccc2s1)=C\c1ccccc1. The van der Waals surface area contributed by atoms with Gasteiger partial charge in [0.2, 0.25) is 0 Å². The molecule has 0 atom stereocenters. The Labute approximate surface area is 154 Å². The first-order chi connectivity index (χ1) is 12.2. The number of carbonyl (C=O) groups excluding carboxylic acids is 1. The maximum absolute atomic E-state index is 11.9. The maximum atomic E-state index is 11.9. The minimum atomic E-state index is -0.145. The van der Waals surface area contributed by atoms with Gasteiger partial charge in [-0.25, -0.2) is 10.4 Å². The second-order valence-electron chi connectivity index (χ2n) is 5.33. The highest BCUT2D eigenvalue weighted by Crippen LogP contribution is 2.28. The number of thioether (sulfide) groups is 1. The number of aromatic nitrogens is 1. The molecule has 0 unspecified atom stereocenters. The van der Waals surface area contributed by atoms with Crippen LogP contribution in [-0.2, 0) is 4.79 Å². The standard InChI is InChI=1S/C19H17N3OS2/c1-14(11-15-7-3-2-4-8-15)12-20-22-18(23)13-24-19-21-16-9-5-6-10-17(16)25-19/h2-12H,13H2,1H3,(H,22,23)/b14-11+,20-12+. The third-order valence-electron chi connectivity index (χ3n) is 3.25. The molecule has 0 fully saturated rings. The van der Waals surface area contributed by atoms with Crippen molar-refractivity contribution in [2.75, 3.05) is 5.75 Å². The van der Waals surface area contributed by atoms with E-state index in [-0.39, 0.29) is 5.91 Å². The van der Waals surface area contributed by atoms with Crippen molar-refractivity contribution in [2.24, 2.45) is 5.10 Å². The Balaban J connectivity index is 1.48. The van der Waals surface area contributed by atoms with Gasteiger partial charge in [0.05, 0.1) is 22.2 Å². The summed E-state index contributed by atoms with van der Waals surface area (Å²) in [5.74, 6) is 0.145. The van der Waals surface area contributed by atoms with Crippen molar-refractivity contribution in [1.82, 2.24) is 10.4 Å². The number of amides is 1. The molecule has 0 saturated heterocycles. The van der Waals surface area contributed by atoms with E-state index in [2.05, 4.69) is 15.5 Å². The smallest absolute Gasteiger partial charge is 0.250 e. The van der Waals surface area contributed by atoms with E-state index in [4.69, 9.17) is 0 Å². The average molecular weight is 367 g/mol. The number of carbonyl (C=O) groups is 1. The lowest BCUT2D eigenvalue weighted by Gasteiger charge is -1.98. The Hall–Kier alpha value is -2.44. The molecule has 0 bridgehead atoms. The normalized spacial score (nSPS) is 12.0. The summed E-state index contributed by atoms with van der Waals surface area (Å²) in [6.07, 6.45) is 3.65. The van der Waals surface area contributed by atoms with Gasteiger partial charge in [-0.1, -0.05) is 60.3 Å². The van der Waals surface area contributed by atoms with Crippen LogP contribution in [0.15, 0.2) is 69.6 Å². The predicted octanol–water partition coefficient (Wildman–Crippen LogP) is 4.59. The summed E-state index contributed by atoms with van der Waals surface area (Å²) in [5, 5.41) is 4.00. The summed E-state index contributed by atoms with van der Waals surface area (Å²) >= 11 is 3.02. The molecular weight excluding hydrogens is 350 g/mol. The Morgan fingerprint density at radius 2 is 1.96 bits per heavy atom. The van der Waals surface area contributed by atoms with Crippen molar-refractivity contribution in [3.8, 4) is 0 Å². The number of fused-ring (bicyclic) bond motifs is 1. The predicted molar refractivity (Wildman–Crippen MR) is 107 cm³/mol. The summed E-state index contributed by atoms with van der Waals surface area (Å²) in [6.45, 7) is 1.94. The van der Waals surface area contributed by atoms with Gasteiger partial charge in [0, 0.05) is 0 Å². The molecule has 0 aliphatic heterocycles. The molecule has 3 aromatic rings. The van der Waals surface area contributed by atoms with Crippen LogP contribution in [0.5, 0.6) is 0 Å². The molecule has 1 amide bonds. The summed E-state index contributed by atoms with van der Waals surface area (Å²) in [5.41, 5.74) is 5.58. The van der Waals surface area contributed by atoms with E-state index in [9.17, 15) is 4.79 Å². The van der Waals surface area contributed by atoms with E-state index in [1.165, 1.54) is 11.8 Å². The van der Waals surface area contributed by atoms with Crippen LogP contribution in [0.4, 0.5) is 0 Å². The van der Waals surface area contributed by atoms with E-state index >= 15 is 0 Å². The third-order valence-corrected chi connectivity index (χ3v) is 5.43. The van der Waals surface area contributed by atoms with Crippen molar-refractivity contribution >= 4 is 51.5 Å².